The maximum Gasteiger partial charge on any atom is 0.138 e. The molecule has 1 aliphatic heterocycles. The molecule has 106 valence electrons. The van der Waals surface area contributed by atoms with E-state index in [-0.39, 0.29) is 0 Å². The average molecular weight is 272 g/mol. The molecule has 0 spiro atoms. The molecule has 2 aromatic rings. The second kappa shape index (κ2) is 6.05. The lowest BCUT2D eigenvalue weighted by Crippen LogP contribution is -2.22. The van der Waals surface area contributed by atoms with E-state index in [2.05, 4.69) is 21.4 Å². The van der Waals surface area contributed by atoms with Gasteiger partial charge in [-0.3, -0.25) is 4.57 Å². The zero-order chi connectivity index (χ0) is 13.8. The monoisotopic (exact) mass is 272 g/mol. The second-order valence-corrected chi connectivity index (χ2v) is 5.19. The van der Waals surface area contributed by atoms with Crippen LogP contribution >= 0.6 is 0 Å². The van der Waals surface area contributed by atoms with Crippen LogP contribution in [0.4, 0.5) is 5.69 Å². The van der Waals surface area contributed by atoms with E-state index >= 15 is 0 Å². The van der Waals surface area contributed by atoms with Crippen molar-refractivity contribution < 1.29 is 4.74 Å². The molecule has 0 unspecified atom stereocenters. The van der Waals surface area contributed by atoms with E-state index in [4.69, 9.17) is 4.74 Å². The van der Waals surface area contributed by atoms with Gasteiger partial charge >= 0.3 is 0 Å². The van der Waals surface area contributed by atoms with Gasteiger partial charge in [-0.15, -0.1) is 0 Å². The summed E-state index contributed by atoms with van der Waals surface area (Å²) in [5.74, 6) is 2.55. The highest BCUT2D eigenvalue weighted by Crippen LogP contribution is 2.16. The summed E-state index contributed by atoms with van der Waals surface area (Å²) in [7, 11) is 0. The summed E-state index contributed by atoms with van der Waals surface area (Å²) in [6.45, 7) is 4.75. The first kappa shape index (κ1) is 13.1. The number of ether oxygens (including phenoxy) is 1. The third kappa shape index (κ3) is 2.99. The molecule has 20 heavy (non-hydrogen) atoms. The van der Waals surface area contributed by atoms with E-state index in [9.17, 15) is 0 Å². The molecule has 2 aromatic heterocycles. The zero-order valence-corrected chi connectivity index (χ0v) is 11.7. The molecule has 5 heteroatoms. The summed E-state index contributed by atoms with van der Waals surface area (Å²) in [5, 5.41) is 3.46. The van der Waals surface area contributed by atoms with Crippen LogP contribution in [0.15, 0.2) is 30.7 Å². The number of pyridine rings is 1. The van der Waals surface area contributed by atoms with Crippen molar-refractivity contribution in [2.24, 2.45) is 5.92 Å². The van der Waals surface area contributed by atoms with E-state index in [0.29, 0.717) is 5.92 Å². The minimum Gasteiger partial charge on any atom is -0.384 e. The van der Waals surface area contributed by atoms with Gasteiger partial charge < -0.3 is 10.1 Å². The Kier molecular flexibility index (Phi) is 3.97. The molecule has 0 amide bonds. The Morgan fingerprint density at radius 1 is 1.30 bits per heavy atom. The number of hydrogen-bond donors (Lipinski definition) is 1. The minimum absolute atomic E-state index is 0.708. The van der Waals surface area contributed by atoms with Crippen molar-refractivity contribution in [3.63, 3.8) is 0 Å². The van der Waals surface area contributed by atoms with Crippen LogP contribution in [0.1, 0.15) is 18.7 Å². The third-order valence-corrected chi connectivity index (χ3v) is 3.76. The van der Waals surface area contributed by atoms with Gasteiger partial charge in [-0.05, 0) is 37.8 Å². The summed E-state index contributed by atoms with van der Waals surface area (Å²) in [6.07, 6.45) is 7.88. The molecule has 0 aliphatic carbocycles. The SMILES string of the molecule is Cc1nccn1-c1ccc(NCC2CCOCC2)cn1. The molecule has 1 saturated heterocycles. The van der Waals surface area contributed by atoms with Crippen LogP contribution in [-0.2, 0) is 4.74 Å². The number of nitrogens with one attached hydrogen (secondary N) is 1. The predicted octanol–water partition coefficient (Wildman–Crippen LogP) is 2.41. The van der Waals surface area contributed by atoms with E-state index in [1.165, 1.54) is 0 Å². The van der Waals surface area contributed by atoms with E-state index in [0.717, 1.165) is 49.9 Å². The molecular formula is C15H20N4O. The van der Waals surface area contributed by atoms with Crippen LogP contribution in [0.3, 0.4) is 0 Å². The normalized spacial score (nSPS) is 16.2. The molecule has 3 rings (SSSR count). The molecular weight excluding hydrogens is 252 g/mol. The van der Waals surface area contributed by atoms with Gasteiger partial charge in [-0.25, -0.2) is 9.97 Å². The number of imidazole rings is 1. The molecule has 5 nitrogen and oxygen atoms in total. The van der Waals surface area contributed by atoms with Crippen LogP contribution in [0, 0.1) is 12.8 Å². The predicted molar refractivity (Wildman–Crippen MR) is 78.1 cm³/mol. The lowest BCUT2D eigenvalue weighted by Gasteiger charge is -2.22. The van der Waals surface area contributed by atoms with Crippen LogP contribution in [0.5, 0.6) is 0 Å². The highest BCUT2D eigenvalue weighted by molar-refractivity contribution is 5.43. The molecule has 1 aliphatic rings. The topological polar surface area (TPSA) is 52.0 Å². The van der Waals surface area contributed by atoms with Gasteiger partial charge in [0.1, 0.15) is 11.6 Å². The van der Waals surface area contributed by atoms with Crippen molar-refractivity contribution >= 4 is 5.69 Å². The fourth-order valence-electron chi connectivity index (χ4n) is 2.47. The Hall–Kier alpha value is -1.88. The lowest BCUT2D eigenvalue weighted by atomic mass is 10.0. The maximum atomic E-state index is 5.37. The van der Waals surface area contributed by atoms with Crippen molar-refractivity contribution in [1.29, 1.82) is 0 Å². The molecule has 1 N–H and O–H groups in total. The highest BCUT2D eigenvalue weighted by Gasteiger charge is 2.13. The van der Waals surface area contributed by atoms with E-state index in [1.807, 2.05) is 30.0 Å². The standard InChI is InChI=1S/C15H20N4O/c1-12-16-6-7-19(12)15-3-2-14(11-18-15)17-10-13-4-8-20-9-5-13/h2-3,6-7,11,13,17H,4-5,8-10H2,1H3. The maximum absolute atomic E-state index is 5.37. The Balaban J connectivity index is 1.60. The molecule has 0 atom stereocenters. The van der Waals surface area contributed by atoms with Crippen molar-refractivity contribution in [2.75, 3.05) is 25.1 Å². The van der Waals surface area contributed by atoms with Crippen molar-refractivity contribution in [3.05, 3.63) is 36.5 Å². The molecule has 1 fully saturated rings. The molecule has 0 bridgehead atoms. The van der Waals surface area contributed by atoms with Crippen molar-refractivity contribution in [2.45, 2.75) is 19.8 Å². The van der Waals surface area contributed by atoms with E-state index < -0.39 is 0 Å². The first-order chi connectivity index (χ1) is 9.83. The summed E-state index contributed by atoms with van der Waals surface area (Å²) < 4.78 is 7.35. The Bertz CT molecular complexity index is 543. The number of anilines is 1. The Morgan fingerprint density at radius 2 is 2.15 bits per heavy atom. The summed E-state index contributed by atoms with van der Waals surface area (Å²) >= 11 is 0. The quantitative estimate of drug-likeness (QED) is 0.928. The smallest absolute Gasteiger partial charge is 0.138 e. The van der Waals surface area contributed by atoms with Crippen LogP contribution < -0.4 is 5.32 Å². The molecule has 3 heterocycles. The van der Waals surface area contributed by atoms with Gasteiger partial charge in [0, 0.05) is 32.2 Å². The summed E-state index contributed by atoms with van der Waals surface area (Å²) in [4.78, 5) is 8.69. The van der Waals surface area contributed by atoms with Gasteiger partial charge in [0.25, 0.3) is 0 Å². The van der Waals surface area contributed by atoms with Crippen LogP contribution in [0.2, 0.25) is 0 Å². The van der Waals surface area contributed by atoms with Gasteiger partial charge in [0.05, 0.1) is 11.9 Å². The Labute approximate surface area is 119 Å². The highest BCUT2D eigenvalue weighted by atomic mass is 16.5. The largest absolute Gasteiger partial charge is 0.384 e. The van der Waals surface area contributed by atoms with E-state index in [1.54, 1.807) is 6.20 Å². The van der Waals surface area contributed by atoms with Crippen LogP contribution in [-0.4, -0.2) is 34.3 Å². The number of nitrogens with zero attached hydrogens (tertiary/aromatic N) is 3. The van der Waals surface area contributed by atoms with Gasteiger partial charge in [0.15, 0.2) is 0 Å². The average Bonchev–Trinajstić information content (AvgIpc) is 2.93. The van der Waals surface area contributed by atoms with Gasteiger partial charge in [0.2, 0.25) is 0 Å². The summed E-state index contributed by atoms with van der Waals surface area (Å²) in [6, 6.07) is 4.09. The van der Waals surface area contributed by atoms with Gasteiger partial charge in [-0.2, -0.15) is 0 Å². The first-order valence-corrected chi connectivity index (χ1v) is 7.11. The lowest BCUT2D eigenvalue weighted by molar-refractivity contribution is 0.0699. The zero-order valence-electron chi connectivity index (χ0n) is 11.7. The number of aryl methyl sites for hydroxylation is 1. The second-order valence-electron chi connectivity index (χ2n) is 5.19. The van der Waals surface area contributed by atoms with Crippen molar-refractivity contribution in [3.8, 4) is 5.82 Å². The molecule has 0 radical (unpaired) electrons. The Morgan fingerprint density at radius 3 is 2.80 bits per heavy atom. The van der Waals surface area contributed by atoms with Crippen molar-refractivity contribution in [1.82, 2.24) is 14.5 Å². The summed E-state index contributed by atoms with van der Waals surface area (Å²) in [5.41, 5.74) is 1.07. The molecule has 0 saturated carbocycles. The van der Waals surface area contributed by atoms with Gasteiger partial charge in [-0.1, -0.05) is 0 Å². The number of rotatable bonds is 4. The fraction of sp³-hybridized carbons (Fsp3) is 0.467. The van der Waals surface area contributed by atoms with Crippen LogP contribution in [0.25, 0.3) is 5.82 Å². The molecule has 0 aromatic carbocycles. The fourth-order valence-corrected chi connectivity index (χ4v) is 2.47. The number of aromatic nitrogens is 3. The third-order valence-electron chi connectivity index (χ3n) is 3.76. The first-order valence-electron chi connectivity index (χ1n) is 7.11. The minimum atomic E-state index is 0.708. The number of hydrogen-bond acceptors (Lipinski definition) is 4.